The van der Waals surface area contributed by atoms with Crippen LogP contribution in [-0.4, -0.2) is 36.7 Å². The number of benzene rings is 1. The van der Waals surface area contributed by atoms with Gasteiger partial charge < -0.3 is 0 Å². The summed E-state index contributed by atoms with van der Waals surface area (Å²) in [5, 5.41) is 13.3. The smallest absolute Gasteiger partial charge is 0.246 e. The van der Waals surface area contributed by atoms with E-state index in [2.05, 4.69) is 9.82 Å². The van der Waals surface area contributed by atoms with Gasteiger partial charge in [0, 0.05) is 19.7 Å². The summed E-state index contributed by atoms with van der Waals surface area (Å²) in [5.41, 5.74) is 0.161. The van der Waals surface area contributed by atoms with E-state index in [4.69, 9.17) is 5.26 Å². The fraction of sp³-hybridized carbons (Fsp3) is 0.353. The lowest BCUT2D eigenvalue weighted by atomic mass is 10.1. The Kier molecular flexibility index (Phi) is 4.99. The van der Waals surface area contributed by atoms with Crippen molar-refractivity contribution in [2.75, 3.05) is 11.4 Å². The molecule has 1 aliphatic rings. The Bertz CT molecular complexity index is 1040. The fourth-order valence-corrected chi connectivity index (χ4v) is 4.54. The molecule has 1 aliphatic heterocycles. The van der Waals surface area contributed by atoms with E-state index >= 15 is 0 Å². The molecule has 0 radical (unpaired) electrons. The van der Waals surface area contributed by atoms with Crippen LogP contribution in [0.5, 0.6) is 0 Å². The molecule has 0 unspecified atom stereocenters. The quantitative estimate of drug-likeness (QED) is 0.843. The third-order valence-corrected chi connectivity index (χ3v) is 5.88. The van der Waals surface area contributed by atoms with Gasteiger partial charge >= 0.3 is 0 Å². The Morgan fingerprint density at radius 2 is 2.15 bits per heavy atom. The molecule has 1 aromatic carbocycles. The Morgan fingerprint density at radius 1 is 1.41 bits per heavy atom. The Morgan fingerprint density at radius 3 is 2.78 bits per heavy atom. The molecule has 1 N–H and O–H groups in total. The van der Waals surface area contributed by atoms with Gasteiger partial charge in [-0.2, -0.15) is 15.1 Å². The van der Waals surface area contributed by atoms with E-state index in [0.717, 1.165) is 17.8 Å². The molecule has 1 aromatic heterocycles. The summed E-state index contributed by atoms with van der Waals surface area (Å²) in [5.74, 6) is -0.769. The molecule has 1 atom stereocenters. The zero-order valence-electron chi connectivity index (χ0n) is 14.8. The molecule has 0 aliphatic carbocycles. The van der Waals surface area contributed by atoms with E-state index in [9.17, 15) is 17.6 Å². The van der Waals surface area contributed by atoms with Crippen molar-refractivity contribution < 1.29 is 17.6 Å². The molecule has 3 rings (SSSR count). The Hall–Kier alpha value is -2.77. The van der Waals surface area contributed by atoms with Crippen LogP contribution in [0.2, 0.25) is 0 Å². The predicted molar refractivity (Wildman–Crippen MR) is 94.8 cm³/mol. The van der Waals surface area contributed by atoms with Crippen molar-refractivity contribution in [1.82, 2.24) is 14.5 Å². The highest BCUT2D eigenvalue weighted by molar-refractivity contribution is 7.89. The monoisotopic (exact) mass is 391 g/mol. The standard InChI is InChI=1S/C17H18FN5O3S/c1-11-9-16(22(2)20-11)23-8-4-6-14(17(23)24)21-27(25,26)15-7-3-5-13(18)12(15)10-19/h3,5,7,9,14,21H,4,6,8H2,1-2H3/t14-/m0/s1. The van der Waals surface area contributed by atoms with E-state index in [1.807, 2.05) is 0 Å². The van der Waals surface area contributed by atoms with Crippen LogP contribution in [0.15, 0.2) is 29.2 Å². The van der Waals surface area contributed by atoms with Crippen LogP contribution in [0.1, 0.15) is 24.1 Å². The van der Waals surface area contributed by atoms with Crippen molar-refractivity contribution in [3.05, 3.63) is 41.3 Å². The zero-order valence-corrected chi connectivity index (χ0v) is 15.6. The number of carbonyl (C=O) groups excluding carboxylic acids is 1. The van der Waals surface area contributed by atoms with Crippen molar-refractivity contribution in [3.63, 3.8) is 0 Å². The topological polar surface area (TPSA) is 108 Å². The van der Waals surface area contributed by atoms with Crippen molar-refractivity contribution in [2.45, 2.75) is 30.7 Å². The van der Waals surface area contributed by atoms with Crippen LogP contribution in [0.25, 0.3) is 0 Å². The number of anilines is 1. The lowest BCUT2D eigenvalue weighted by Crippen LogP contribution is -2.52. The van der Waals surface area contributed by atoms with Gasteiger partial charge in [0.15, 0.2) is 0 Å². The largest absolute Gasteiger partial charge is 0.296 e. The van der Waals surface area contributed by atoms with E-state index in [1.165, 1.54) is 11.0 Å². The highest BCUT2D eigenvalue weighted by Gasteiger charge is 2.35. The molecule has 0 spiro atoms. The maximum absolute atomic E-state index is 13.8. The minimum absolute atomic E-state index is 0.308. The maximum Gasteiger partial charge on any atom is 0.246 e. The minimum atomic E-state index is -4.25. The number of amides is 1. The number of rotatable bonds is 4. The molecule has 27 heavy (non-hydrogen) atoms. The first-order valence-corrected chi connectivity index (χ1v) is 9.76. The van der Waals surface area contributed by atoms with E-state index in [0.29, 0.717) is 25.2 Å². The molecule has 1 amide bonds. The number of sulfonamides is 1. The first kappa shape index (κ1) is 19.0. The van der Waals surface area contributed by atoms with Gasteiger partial charge in [0.1, 0.15) is 34.2 Å². The number of hydrogen-bond acceptors (Lipinski definition) is 5. The summed E-state index contributed by atoms with van der Waals surface area (Å²) >= 11 is 0. The molecule has 0 saturated carbocycles. The fourth-order valence-electron chi connectivity index (χ4n) is 3.15. The first-order chi connectivity index (χ1) is 12.7. The van der Waals surface area contributed by atoms with Crippen LogP contribution in [-0.2, 0) is 21.9 Å². The van der Waals surface area contributed by atoms with Crippen molar-refractivity contribution in [3.8, 4) is 6.07 Å². The summed E-state index contributed by atoms with van der Waals surface area (Å²) in [6.07, 6.45) is 0.889. The highest BCUT2D eigenvalue weighted by atomic mass is 32.2. The summed E-state index contributed by atoms with van der Waals surface area (Å²) in [7, 11) is -2.55. The molecule has 10 heteroatoms. The van der Waals surface area contributed by atoms with Gasteiger partial charge in [0.25, 0.3) is 0 Å². The first-order valence-electron chi connectivity index (χ1n) is 8.27. The van der Waals surface area contributed by atoms with E-state index < -0.39 is 38.2 Å². The second-order valence-corrected chi connectivity index (χ2v) is 7.98. The number of nitrogens with zero attached hydrogens (tertiary/aromatic N) is 4. The van der Waals surface area contributed by atoms with Crippen LogP contribution in [0.3, 0.4) is 0 Å². The maximum atomic E-state index is 13.8. The normalized spacial score (nSPS) is 17.8. The number of carbonyl (C=O) groups is 1. The molecule has 142 valence electrons. The number of halogens is 1. The van der Waals surface area contributed by atoms with Gasteiger partial charge in [-0.1, -0.05) is 6.07 Å². The predicted octanol–water partition coefficient (Wildman–Crippen LogP) is 1.21. The van der Waals surface area contributed by atoms with E-state index in [1.54, 1.807) is 30.8 Å². The second-order valence-electron chi connectivity index (χ2n) is 6.30. The van der Waals surface area contributed by atoms with Crippen LogP contribution >= 0.6 is 0 Å². The summed E-state index contributed by atoms with van der Waals surface area (Å²) in [4.78, 5) is 13.8. The summed E-state index contributed by atoms with van der Waals surface area (Å²) in [6.45, 7) is 2.24. The summed E-state index contributed by atoms with van der Waals surface area (Å²) in [6, 6.07) is 5.66. The van der Waals surface area contributed by atoms with Crippen LogP contribution < -0.4 is 9.62 Å². The van der Waals surface area contributed by atoms with Gasteiger partial charge in [-0.25, -0.2) is 12.8 Å². The van der Waals surface area contributed by atoms with Crippen molar-refractivity contribution >= 4 is 21.7 Å². The molecule has 1 saturated heterocycles. The average molecular weight is 391 g/mol. The zero-order chi connectivity index (χ0) is 19.8. The molecule has 2 heterocycles. The Labute approximate surface area is 156 Å². The lowest BCUT2D eigenvalue weighted by molar-refractivity contribution is -0.121. The average Bonchev–Trinajstić information content (AvgIpc) is 2.94. The molecule has 2 aromatic rings. The molecular weight excluding hydrogens is 373 g/mol. The lowest BCUT2D eigenvalue weighted by Gasteiger charge is -2.32. The SMILES string of the molecule is Cc1cc(N2CCC[C@H](NS(=O)(=O)c3cccc(F)c3C#N)C2=O)n(C)n1. The number of nitriles is 1. The second kappa shape index (κ2) is 7.09. The highest BCUT2D eigenvalue weighted by Crippen LogP contribution is 2.24. The third kappa shape index (κ3) is 3.56. The van der Waals surface area contributed by atoms with Crippen molar-refractivity contribution in [2.24, 2.45) is 7.05 Å². The number of aryl methyl sites for hydroxylation is 2. The van der Waals surface area contributed by atoms with Gasteiger partial charge in [0.2, 0.25) is 15.9 Å². The number of hydrogen-bond donors (Lipinski definition) is 1. The number of nitrogens with one attached hydrogen (secondary N) is 1. The number of aromatic nitrogens is 2. The molecular formula is C17H18FN5O3S. The summed E-state index contributed by atoms with van der Waals surface area (Å²) < 4.78 is 43.0. The molecule has 8 nitrogen and oxygen atoms in total. The van der Waals surface area contributed by atoms with Crippen LogP contribution in [0.4, 0.5) is 10.2 Å². The molecule has 1 fully saturated rings. The van der Waals surface area contributed by atoms with Gasteiger partial charge in [-0.05, 0) is 31.9 Å². The van der Waals surface area contributed by atoms with Gasteiger partial charge in [-0.15, -0.1) is 0 Å². The van der Waals surface area contributed by atoms with Crippen LogP contribution in [0, 0.1) is 24.1 Å². The van der Waals surface area contributed by atoms with Gasteiger partial charge in [-0.3, -0.25) is 14.4 Å². The number of piperidine rings is 1. The van der Waals surface area contributed by atoms with Gasteiger partial charge in [0.05, 0.1) is 5.69 Å². The van der Waals surface area contributed by atoms with Crippen molar-refractivity contribution in [1.29, 1.82) is 5.26 Å². The molecule has 0 bridgehead atoms. The Balaban J connectivity index is 1.89. The minimum Gasteiger partial charge on any atom is -0.296 e. The third-order valence-electron chi connectivity index (χ3n) is 4.37. The van der Waals surface area contributed by atoms with E-state index in [-0.39, 0.29) is 0 Å².